The Labute approximate surface area is 222 Å². The minimum Gasteiger partial charge on any atom is -0.478 e. The van der Waals surface area contributed by atoms with Crippen molar-refractivity contribution in [3.05, 3.63) is 107 Å². The topological polar surface area (TPSA) is 95.5 Å². The molecule has 1 aliphatic rings. The van der Waals surface area contributed by atoms with Crippen LogP contribution in [0.1, 0.15) is 42.2 Å². The average Bonchev–Trinajstić information content (AvgIpc) is 2.92. The van der Waals surface area contributed by atoms with Crippen LogP contribution in [-0.4, -0.2) is 35.2 Å². The SMILES string of the molecule is CSc1ccc(Nc2ccc(Nc3ccc(SC)cc3)c3c2C(=O)c2ccc(C(=O)O)cc2C3=O)cc1. The molecule has 0 heterocycles. The summed E-state index contributed by atoms with van der Waals surface area (Å²) in [6.07, 6.45) is 3.99. The molecule has 0 amide bonds. The number of anilines is 4. The van der Waals surface area contributed by atoms with E-state index in [1.807, 2.05) is 61.0 Å². The number of fused-ring (bicyclic) bond motifs is 2. The van der Waals surface area contributed by atoms with Crippen molar-refractivity contribution in [2.24, 2.45) is 0 Å². The Bertz CT molecular complexity index is 1550. The zero-order valence-corrected chi connectivity index (χ0v) is 21.6. The number of ketones is 2. The highest BCUT2D eigenvalue weighted by Crippen LogP contribution is 2.39. The van der Waals surface area contributed by atoms with E-state index >= 15 is 0 Å². The zero-order chi connectivity index (χ0) is 26.1. The van der Waals surface area contributed by atoms with E-state index in [-0.39, 0.29) is 33.6 Å². The Morgan fingerprint density at radius 1 is 0.649 bits per heavy atom. The van der Waals surface area contributed by atoms with Crippen molar-refractivity contribution in [2.45, 2.75) is 9.79 Å². The van der Waals surface area contributed by atoms with E-state index in [0.29, 0.717) is 11.4 Å². The lowest BCUT2D eigenvalue weighted by Gasteiger charge is -2.24. The molecule has 1 aliphatic carbocycles. The number of aromatic carboxylic acids is 1. The number of hydrogen-bond donors (Lipinski definition) is 3. The number of thioether (sulfide) groups is 2. The maximum Gasteiger partial charge on any atom is 0.335 e. The molecule has 5 rings (SSSR count). The van der Waals surface area contributed by atoms with E-state index in [9.17, 15) is 19.5 Å². The van der Waals surface area contributed by atoms with Gasteiger partial charge in [-0.1, -0.05) is 0 Å². The number of carboxylic acids is 1. The molecule has 37 heavy (non-hydrogen) atoms. The standard InChI is InChI=1S/C29H22N2O4S2/c1-36-19-8-4-17(5-9-19)30-23-13-14-24(31-18-6-10-20(37-2)11-7-18)26-25(23)27(32)21-12-3-16(29(34)35)15-22(21)28(26)33/h3-15,30-31H,1-2H3,(H,34,35). The Morgan fingerprint density at radius 2 is 1.11 bits per heavy atom. The molecule has 0 aliphatic heterocycles. The Kier molecular flexibility index (Phi) is 6.78. The van der Waals surface area contributed by atoms with Gasteiger partial charge in [0.2, 0.25) is 0 Å². The second-order valence-corrected chi connectivity index (χ2v) is 10.1. The normalized spacial score (nSPS) is 12.1. The number of rotatable bonds is 7. The summed E-state index contributed by atoms with van der Waals surface area (Å²) in [7, 11) is 0. The third kappa shape index (κ3) is 4.73. The largest absolute Gasteiger partial charge is 0.478 e. The van der Waals surface area contributed by atoms with Crippen molar-refractivity contribution in [3.63, 3.8) is 0 Å². The molecule has 0 bridgehead atoms. The van der Waals surface area contributed by atoms with Gasteiger partial charge in [0.15, 0.2) is 11.6 Å². The van der Waals surface area contributed by atoms with Crippen LogP contribution >= 0.6 is 23.5 Å². The van der Waals surface area contributed by atoms with E-state index in [2.05, 4.69) is 10.6 Å². The van der Waals surface area contributed by atoms with Gasteiger partial charge in [0.1, 0.15) is 0 Å². The van der Waals surface area contributed by atoms with Crippen LogP contribution in [0.2, 0.25) is 0 Å². The molecule has 0 spiro atoms. The smallest absolute Gasteiger partial charge is 0.335 e. The lowest BCUT2D eigenvalue weighted by Crippen LogP contribution is -2.24. The van der Waals surface area contributed by atoms with Crippen LogP contribution in [0.5, 0.6) is 0 Å². The summed E-state index contributed by atoms with van der Waals surface area (Å²) in [6.45, 7) is 0. The molecule has 0 atom stereocenters. The lowest BCUT2D eigenvalue weighted by molar-refractivity contribution is 0.0696. The van der Waals surface area contributed by atoms with Crippen LogP contribution in [0.25, 0.3) is 0 Å². The number of carbonyl (C=O) groups is 3. The second kappa shape index (κ2) is 10.2. The summed E-state index contributed by atoms with van der Waals surface area (Å²) < 4.78 is 0. The van der Waals surface area contributed by atoms with Gasteiger partial charge >= 0.3 is 5.97 Å². The van der Waals surface area contributed by atoms with E-state index in [1.165, 1.54) is 18.2 Å². The van der Waals surface area contributed by atoms with Gasteiger partial charge in [-0.25, -0.2) is 4.79 Å². The second-order valence-electron chi connectivity index (χ2n) is 8.34. The predicted molar refractivity (Wildman–Crippen MR) is 150 cm³/mol. The van der Waals surface area contributed by atoms with E-state index < -0.39 is 11.8 Å². The first kappa shape index (κ1) is 24.7. The highest BCUT2D eigenvalue weighted by Gasteiger charge is 2.34. The summed E-state index contributed by atoms with van der Waals surface area (Å²) in [5.41, 5.74) is 3.19. The van der Waals surface area contributed by atoms with E-state index in [4.69, 9.17) is 0 Å². The van der Waals surface area contributed by atoms with Gasteiger partial charge < -0.3 is 15.7 Å². The highest BCUT2D eigenvalue weighted by atomic mass is 32.2. The number of benzene rings is 4. The fourth-order valence-electron chi connectivity index (χ4n) is 4.27. The van der Waals surface area contributed by atoms with Crippen molar-refractivity contribution in [1.29, 1.82) is 0 Å². The summed E-state index contributed by atoms with van der Waals surface area (Å²) in [6, 6.07) is 23.1. The van der Waals surface area contributed by atoms with E-state index in [0.717, 1.165) is 21.2 Å². The summed E-state index contributed by atoms with van der Waals surface area (Å²) in [5.74, 6) is -1.91. The number of hydrogen-bond acceptors (Lipinski definition) is 7. The molecular formula is C29H22N2O4S2. The third-order valence-electron chi connectivity index (χ3n) is 6.15. The first-order chi connectivity index (χ1) is 17.9. The Balaban J connectivity index is 1.64. The summed E-state index contributed by atoms with van der Waals surface area (Å²) >= 11 is 3.25. The fraction of sp³-hybridized carbons (Fsp3) is 0.0690. The molecule has 4 aromatic carbocycles. The quantitative estimate of drug-likeness (QED) is 0.193. The molecule has 4 aromatic rings. The molecule has 6 nitrogen and oxygen atoms in total. The van der Waals surface area contributed by atoms with Crippen LogP contribution in [0.3, 0.4) is 0 Å². The van der Waals surface area contributed by atoms with Crippen LogP contribution in [-0.2, 0) is 0 Å². The molecule has 3 N–H and O–H groups in total. The number of carboxylic acid groups (broad SMARTS) is 1. The Hall–Kier alpha value is -4.01. The van der Waals surface area contributed by atoms with Gasteiger partial charge in [-0.15, -0.1) is 23.5 Å². The zero-order valence-electron chi connectivity index (χ0n) is 20.0. The summed E-state index contributed by atoms with van der Waals surface area (Å²) in [4.78, 5) is 41.3. The highest BCUT2D eigenvalue weighted by molar-refractivity contribution is 7.98. The third-order valence-corrected chi connectivity index (χ3v) is 7.64. The van der Waals surface area contributed by atoms with Crippen molar-refractivity contribution in [2.75, 3.05) is 23.1 Å². The molecule has 184 valence electrons. The van der Waals surface area contributed by atoms with Gasteiger partial charge in [-0.05, 0) is 91.4 Å². The molecule has 0 fully saturated rings. The van der Waals surface area contributed by atoms with Gasteiger partial charge in [0.25, 0.3) is 0 Å². The van der Waals surface area contributed by atoms with Gasteiger partial charge in [-0.3, -0.25) is 9.59 Å². The molecule has 0 saturated carbocycles. The maximum atomic E-state index is 13.8. The monoisotopic (exact) mass is 526 g/mol. The minimum absolute atomic E-state index is 0.0475. The maximum absolute atomic E-state index is 13.8. The van der Waals surface area contributed by atoms with Gasteiger partial charge in [-0.2, -0.15) is 0 Å². The van der Waals surface area contributed by atoms with Crippen LogP contribution in [0.4, 0.5) is 22.7 Å². The van der Waals surface area contributed by atoms with Crippen molar-refractivity contribution in [3.8, 4) is 0 Å². The first-order valence-corrected chi connectivity index (χ1v) is 13.8. The van der Waals surface area contributed by atoms with Crippen LogP contribution in [0, 0.1) is 0 Å². The Morgan fingerprint density at radius 3 is 1.54 bits per heavy atom. The fourth-order valence-corrected chi connectivity index (χ4v) is 5.09. The van der Waals surface area contributed by atoms with Gasteiger partial charge in [0.05, 0.1) is 28.1 Å². The number of carbonyl (C=O) groups excluding carboxylic acids is 2. The minimum atomic E-state index is -1.16. The van der Waals surface area contributed by atoms with Crippen LogP contribution < -0.4 is 10.6 Å². The molecule has 8 heteroatoms. The first-order valence-electron chi connectivity index (χ1n) is 11.4. The van der Waals surface area contributed by atoms with Crippen LogP contribution in [0.15, 0.2) is 88.7 Å². The molecule has 0 unspecified atom stereocenters. The molecule has 0 saturated heterocycles. The molecular weight excluding hydrogens is 504 g/mol. The van der Waals surface area contributed by atoms with E-state index in [1.54, 1.807) is 35.7 Å². The van der Waals surface area contributed by atoms with Crippen molar-refractivity contribution < 1.29 is 19.5 Å². The lowest BCUT2D eigenvalue weighted by atomic mass is 9.81. The predicted octanol–water partition coefficient (Wildman–Crippen LogP) is 7.09. The molecule has 0 radical (unpaired) electrons. The van der Waals surface area contributed by atoms with Crippen molar-refractivity contribution >= 4 is 63.8 Å². The van der Waals surface area contributed by atoms with Crippen molar-refractivity contribution in [1.82, 2.24) is 0 Å². The molecule has 0 aromatic heterocycles. The summed E-state index contributed by atoms with van der Waals surface area (Å²) in [5, 5.41) is 16.0. The number of nitrogens with one attached hydrogen (secondary N) is 2. The van der Waals surface area contributed by atoms with Gasteiger partial charge in [0, 0.05) is 32.3 Å². The average molecular weight is 527 g/mol.